The van der Waals surface area contributed by atoms with Gasteiger partial charge in [0.1, 0.15) is 5.82 Å². The second-order valence-corrected chi connectivity index (χ2v) is 8.25. The highest BCUT2D eigenvalue weighted by molar-refractivity contribution is 5.99. The lowest BCUT2D eigenvalue weighted by Crippen LogP contribution is -2.28. The lowest BCUT2D eigenvalue weighted by atomic mass is 9.85. The van der Waals surface area contributed by atoms with Crippen molar-refractivity contribution >= 4 is 27.7 Å². The molecule has 0 unspecified atom stereocenters. The predicted molar refractivity (Wildman–Crippen MR) is 115 cm³/mol. The van der Waals surface area contributed by atoms with Crippen LogP contribution >= 0.6 is 0 Å². The van der Waals surface area contributed by atoms with E-state index in [2.05, 4.69) is 40.7 Å². The highest BCUT2D eigenvalue weighted by Crippen LogP contribution is 2.39. The molecule has 2 heterocycles. The lowest BCUT2D eigenvalue weighted by molar-refractivity contribution is -0.117. The van der Waals surface area contributed by atoms with Gasteiger partial charge in [-0.1, -0.05) is 13.8 Å². The first-order chi connectivity index (χ1) is 14.3. The first-order valence-electron chi connectivity index (χ1n) is 9.86. The molecule has 4 aromatic rings. The van der Waals surface area contributed by atoms with Crippen LogP contribution in [0.25, 0.3) is 27.5 Å². The number of nitrogens with one attached hydrogen (secondary N) is 1. The van der Waals surface area contributed by atoms with Crippen molar-refractivity contribution in [1.82, 2.24) is 14.8 Å². The summed E-state index contributed by atoms with van der Waals surface area (Å²) in [6.07, 6.45) is 2.52. The normalized spacial score (nSPS) is 12.1. The summed E-state index contributed by atoms with van der Waals surface area (Å²) in [5.41, 5.74) is 9.88. The van der Waals surface area contributed by atoms with Crippen molar-refractivity contribution in [2.24, 2.45) is 5.73 Å². The van der Waals surface area contributed by atoms with Gasteiger partial charge in [0.15, 0.2) is 0 Å². The molecule has 0 spiro atoms. The van der Waals surface area contributed by atoms with Gasteiger partial charge in [0.2, 0.25) is 5.91 Å². The Kier molecular flexibility index (Phi) is 5.07. The Morgan fingerprint density at radius 3 is 2.67 bits per heavy atom. The average molecular weight is 408 g/mol. The molecule has 1 amide bonds. The lowest BCUT2D eigenvalue weighted by Gasteiger charge is -2.28. The highest BCUT2D eigenvalue weighted by atomic mass is 19.1. The fourth-order valence-corrected chi connectivity index (χ4v) is 4.29. The molecule has 4 rings (SSSR count). The number of nitrogens with zero attached hydrogens (tertiary/aromatic N) is 2. The fourth-order valence-electron chi connectivity index (χ4n) is 4.29. The summed E-state index contributed by atoms with van der Waals surface area (Å²) < 4.78 is 21.3. The molecule has 0 fully saturated rings. The third-order valence-corrected chi connectivity index (χ3v) is 5.48. The maximum Gasteiger partial charge on any atom is 0.217 e. The van der Waals surface area contributed by atoms with Crippen LogP contribution in [0.4, 0.5) is 4.39 Å². The van der Waals surface area contributed by atoms with Crippen LogP contribution in [0, 0.1) is 5.82 Å². The summed E-state index contributed by atoms with van der Waals surface area (Å²) in [6.45, 7) is 4.69. The molecule has 0 aliphatic carbocycles. The summed E-state index contributed by atoms with van der Waals surface area (Å²) in [5, 5.41) is 9.15. The van der Waals surface area contributed by atoms with Gasteiger partial charge in [0.25, 0.3) is 0 Å². The van der Waals surface area contributed by atoms with Crippen molar-refractivity contribution in [3.8, 4) is 5.69 Å². The zero-order valence-corrected chi connectivity index (χ0v) is 17.3. The van der Waals surface area contributed by atoms with Crippen LogP contribution in [0.15, 0.2) is 42.6 Å². The Bertz CT molecular complexity index is 1220. The maximum atomic E-state index is 13.7. The second kappa shape index (κ2) is 7.57. The number of fused-ring (bicyclic) bond motifs is 2. The van der Waals surface area contributed by atoms with Crippen LogP contribution in [-0.4, -0.2) is 34.4 Å². The van der Waals surface area contributed by atoms with E-state index in [4.69, 9.17) is 10.5 Å². The van der Waals surface area contributed by atoms with Gasteiger partial charge in [-0.2, -0.15) is 5.10 Å². The predicted octanol–water partition coefficient (Wildman–Crippen LogP) is 3.99. The SMILES string of the molecule is COCC(C)(C)c1c(CCC(N)=O)c2cc3[nH]ncc3cc2n1-c1ccc(F)cc1. The topological polar surface area (TPSA) is 85.9 Å². The van der Waals surface area contributed by atoms with Crippen molar-refractivity contribution in [1.29, 1.82) is 0 Å². The quantitative estimate of drug-likeness (QED) is 0.485. The molecule has 30 heavy (non-hydrogen) atoms. The molecular weight excluding hydrogens is 383 g/mol. The number of halogens is 1. The van der Waals surface area contributed by atoms with Gasteiger partial charge in [-0.3, -0.25) is 9.89 Å². The number of primary amides is 1. The first kappa shape index (κ1) is 20.1. The van der Waals surface area contributed by atoms with Crippen molar-refractivity contribution in [3.63, 3.8) is 0 Å². The number of aromatic nitrogens is 3. The summed E-state index contributed by atoms with van der Waals surface area (Å²) in [5.74, 6) is -0.644. The molecule has 0 aliphatic heterocycles. The minimum absolute atomic E-state index is 0.236. The molecule has 0 aliphatic rings. The molecule has 0 radical (unpaired) electrons. The van der Waals surface area contributed by atoms with Gasteiger partial charge in [0, 0.05) is 41.1 Å². The summed E-state index contributed by atoms with van der Waals surface area (Å²) >= 11 is 0. The summed E-state index contributed by atoms with van der Waals surface area (Å²) in [7, 11) is 1.67. The molecule has 0 bridgehead atoms. The average Bonchev–Trinajstić information content (AvgIpc) is 3.27. The number of hydrogen-bond acceptors (Lipinski definition) is 3. The molecule has 7 heteroatoms. The largest absolute Gasteiger partial charge is 0.384 e. The van der Waals surface area contributed by atoms with Gasteiger partial charge in [-0.15, -0.1) is 0 Å². The van der Waals surface area contributed by atoms with E-state index < -0.39 is 0 Å². The van der Waals surface area contributed by atoms with Crippen LogP contribution in [0.2, 0.25) is 0 Å². The molecule has 0 saturated heterocycles. The van der Waals surface area contributed by atoms with E-state index in [0.29, 0.717) is 13.0 Å². The third kappa shape index (κ3) is 3.45. The number of ether oxygens (including phenoxy) is 1. The number of amides is 1. The molecular formula is C23H25FN4O2. The Morgan fingerprint density at radius 2 is 2.00 bits per heavy atom. The number of aryl methyl sites for hydroxylation is 1. The minimum atomic E-state index is -0.374. The number of carbonyl (C=O) groups excluding carboxylic acids is 1. The van der Waals surface area contributed by atoms with E-state index in [0.717, 1.165) is 38.8 Å². The monoisotopic (exact) mass is 408 g/mol. The van der Waals surface area contributed by atoms with E-state index >= 15 is 0 Å². The first-order valence-corrected chi connectivity index (χ1v) is 9.86. The van der Waals surface area contributed by atoms with E-state index in [-0.39, 0.29) is 23.6 Å². The number of nitrogens with two attached hydrogens (primary N) is 1. The van der Waals surface area contributed by atoms with Crippen molar-refractivity contribution in [3.05, 3.63) is 59.7 Å². The number of H-pyrrole nitrogens is 1. The van der Waals surface area contributed by atoms with Crippen LogP contribution in [0.3, 0.4) is 0 Å². The summed E-state index contributed by atoms with van der Waals surface area (Å²) in [4.78, 5) is 11.6. The van der Waals surface area contributed by atoms with Gasteiger partial charge in [-0.05, 0) is 48.4 Å². The zero-order valence-electron chi connectivity index (χ0n) is 17.3. The van der Waals surface area contributed by atoms with Crippen LogP contribution < -0.4 is 5.73 Å². The Morgan fingerprint density at radius 1 is 1.27 bits per heavy atom. The molecule has 156 valence electrons. The minimum Gasteiger partial charge on any atom is -0.384 e. The van der Waals surface area contributed by atoms with Crippen LogP contribution in [0.5, 0.6) is 0 Å². The van der Waals surface area contributed by atoms with Crippen molar-refractivity contribution < 1.29 is 13.9 Å². The van der Waals surface area contributed by atoms with E-state index in [9.17, 15) is 9.18 Å². The van der Waals surface area contributed by atoms with E-state index in [1.807, 2.05) is 0 Å². The van der Waals surface area contributed by atoms with Gasteiger partial charge in [-0.25, -0.2) is 4.39 Å². The van der Waals surface area contributed by atoms with E-state index in [1.54, 1.807) is 25.4 Å². The number of rotatable bonds is 7. The number of methoxy groups -OCH3 is 1. The Hall–Kier alpha value is -3.19. The molecule has 2 aromatic heterocycles. The van der Waals surface area contributed by atoms with Crippen LogP contribution in [-0.2, 0) is 21.4 Å². The Labute approximate surface area is 173 Å². The molecule has 0 saturated carbocycles. The molecule has 3 N–H and O–H groups in total. The van der Waals surface area contributed by atoms with Crippen molar-refractivity contribution in [2.45, 2.75) is 32.1 Å². The standard InChI is InChI=1S/C23H25FN4O2/c1-23(2,13-30-3)22-17(8-9-21(25)29)18-11-19-14(12-26-27-19)10-20(18)28(22)16-6-4-15(24)5-7-16/h4-7,10-12H,8-9,13H2,1-3H3,(H2,25,29)(H,26,27). The van der Waals surface area contributed by atoms with Crippen LogP contribution in [0.1, 0.15) is 31.5 Å². The maximum absolute atomic E-state index is 13.7. The van der Waals surface area contributed by atoms with Crippen molar-refractivity contribution in [2.75, 3.05) is 13.7 Å². The van der Waals surface area contributed by atoms with Gasteiger partial charge < -0.3 is 15.0 Å². The van der Waals surface area contributed by atoms with Gasteiger partial charge >= 0.3 is 0 Å². The molecule has 2 aromatic carbocycles. The highest BCUT2D eigenvalue weighted by Gasteiger charge is 2.31. The third-order valence-electron chi connectivity index (χ3n) is 5.48. The molecule has 6 nitrogen and oxygen atoms in total. The number of benzene rings is 2. The zero-order chi connectivity index (χ0) is 21.5. The van der Waals surface area contributed by atoms with Gasteiger partial charge in [0.05, 0.1) is 23.8 Å². The summed E-state index contributed by atoms with van der Waals surface area (Å²) in [6, 6.07) is 10.6. The fraction of sp³-hybridized carbons (Fsp3) is 0.304. The number of hydrogen-bond donors (Lipinski definition) is 2. The molecule has 0 atom stereocenters. The second-order valence-electron chi connectivity index (χ2n) is 8.25. The Balaban J connectivity index is 2.11. The smallest absolute Gasteiger partial charge is 0.217 e. The number of aromatic amines is 1. The van der Waals surface area contributed by atoms with E-state index in [1.165, 1.54) is 12.1 Å². The number of carbonyl (C=O) groups is 1.